The predicted molar refractivity (Wildman–Crippen MR) is 300 cm³/mol. The normalized spacial score (nSPS) is 11.4. The number of hydrogen-bond acceptors (Lipinski definition) is 3. The predicted octanol–water partition coefficient (Wildman–Crippen LogP) is 19.5. The van der Waals surface area contributed by atoms with Crippen LogP contribution in [0.3, 0.4) is 0 Å². The van der Waals surface area contributed by atoms with Gasteiger partial charge in [0.25, 0.3) is 0 Å². The third-order valence-corrected chi connectivity index (χ3v) is 13.8. The highest BCUT2D eigenvalue weighted by molar-refractivity contribution is 6.22. The van der Waals surface area contributed by atoms with E-state index in [2.05, 4.69) is 289 Å². The van der Waals surface area contributed by atoms with Gasteiger partial charge in [0.05, 0.1) is 22.4 Å². The zero-order valence-electron chi connectivity index (χ0n) is 38.9. The molecule has 0 bridgehead atoms. The van der Waals surface area contributed by atoms with E-state index in [4.69, 9.17) is 4.42 Å². The molecule has 0 spiro atoms. The number of anilines is 6. The van der Waals surface area contributed by atoms with Gasteiger partial charge in [-0.05, 0) is 122 Å². The van der Waals surface area contributed by atoms with Crippen molar-refractivity contribution in [1.82, 2.24) is 0 Å². The molecular formula is C68H46N2O. The van der Waals surface area contributed by atoms with E-state index < -0.39 is 0 Å². The fourth-order valence-corrected chi connectivity index (χ4v) is 10.5. The van der Waals surface area contributed by atoms with Crippen LogP contribution >= 0.6 is 0 Å². The van der Waals surface area contributed by atoms with Gasteiger partial charge in [0.2, 0.25) is 0 Å². The third-order valence-electron chi connectivity index (χ3n) is 13.8. The van der Waals surface area contributed by atoms with E-state index in [0.29, 0.717) is 0 Å². The molecule has 71 heavy (non-hydrogen) atoms. The van der Waals surface area contributed by atoms with Crippen molar-refractivity contribution in [2.24, 2.45) is 0 Å². The van der Waals surface area contributed by atoms with Crippen LogP contribution in [0.25, 0.3) is 88.0 Å². The van der Waals surface area contributed by atoms with Gasteiger partial charge in [-0.2, -0.15) is 0 Å². The number of rotatable bonds is 10. The van der Waals surface area contributed by atoms with Crippen LogP contribution < -0.4 is 9.80 Å². The molecule has 3 nitrogen and oxygen atoms in total. The molecular weight excluding hydrogens is 861 g/mol. The third kappa shape index (κ3) is 7.58. The van der Waals surface area contributed by atoms with Gasteiger partial charge >= 0.3 is 0 Å². The monoisotopic (exact) mass is 906 g/mol. The Balaban J connectivity index is 1.13. The maximum atomic E-state index is 7.06. The summed E-state index contributed by atoms with van der Waals surface area (Å²) in [5.74, 6) is 0. The number of nitrogens with zero attached hydrogens (tertiary/aromatic N) is 2. The smallest absolute Gasteiger partial charge is 0.143 e. The zero-order valence-corrected chi connectivity index (χ0v) is 38.9. The minimum absolute atomic E-state index is 0.811. The fraction of sp³-hybridized carbons (Fsp3) is 0. The van der Waals surface area contributed by atoms with Gasteiger partial charge in [-0.25, -0.2) is 0 Å². The average molecular weight is 907 g/mol. The first-order chi connectivity index (χ1) is 35.2. The summed E-state index contributed by atoms with van der Waals surface area (Å²) in [7, 11) is 0. The topological polar surface area (TPSA) is 19.6 Å². The summed E-state index contributed by atoms with van der Waals surface area (Å²) < 4.78 is 7.06. The van der Waals surface area contributed by atoms with Crippen LogP contribution in [-0.2, 0) is 0 Å². The molecule has 0 saturated carbocycles. The summed E-state index contributed by atoms with van der Waals surface area (Å²) in [6.45, 7) is 0. The van der Waals surface area contributed by atoms with Crippen LogP contribution in [0.2, 0.25) is 0 Å². The molecule has 12 aromatic carbocycles. The number of fused-ring (bicyclic) bond motifs is 6. The van der Waals surface area contributed by atoms with E-state index in [1.54, 1.807) is 0 Å². The highest BCUT2D eigenvalue weighted by atomic mass is 16.3. The highest BCUT2D eigenvalue weighted by Gasteiger charge is 2.29. The molecule has 3 heteroatoms. The first-order valence-corrected chi connectivity index (χ1v) is 24.2. The molecule has 0 aliphatic carbocycles. The van der Waals surface area contributed by atoms with Crippen molar-refractivity contribution in [3.8, 4) is 44.5 Å². The Labute approximate surface area is 413 Å². The van der Waals surface area contributed by atoms with E-state index >= 15 is 0 Å². The minimum atomic E-state index is 0.811. The largest absolute Gasteiger partial charge is 0.455 e. The molecule has 0 aliphatic heterocycles. The number of furan rings is 1. The van der Waals surface area contributed by atoms with Crippen molar-refractivity contribution in [1.29, 1.82) is 0 Å². The minimum Gasteiger partial charge on any atom is -0.455 e. The van der Waals surface area contributed by atoms with E-state index in [1.165, 1.54) is 27.5 Å². The molecule has 1 aromatic heterocycles. The SMILES string of the molecule is c1ccc(-c2ccc(N(c3ccc(-c4cccc5ccccc45)cc3-c3ccccc3)c3ccc4oc5c6ccccc6ccc5c4c3N(c3ccccc3)c3ccc(-c4ccccc4)cc3)cc2)cc1. The Bertz CT molecular complexity index is 4010. The highest BCUT2D eigenvalue weighted by Crippen LogP contribution is 2.54. The second-order valence-electron chi connectivity index (χ2n) is 18.0. The molecule has 0 N–H and O–H groups in total. The first kappa shape index (κ1) is 41.7. The van der Waals surface area contributed by atoms with Crippen molar-refractivity contribution in [2.75, 3.05) is 9.80 Å². The summed E-state index contributed by atoms with van der Waals surface area (Å²) in [4.78, 5) is 4.89. The molecule has 334 valence electrons. The lowest BCUT2D eigenvalue weighted by molar-refractivity contribution is 0.672. The van der Waals surface area contributed by atoms with Gasteiger partial charge in [0, 0.05) is 33.4 Å². The zero-order chi connectivity index (χ0) is 47.1. The Hall–Kier alpha value is -9.44. The van der Waals surface area contributed by atoms with E-state index in [0.717, 1.165) is 94.7 Å². The van der Waals surface area contributed by atoms with Gasteiger partial charge < -0.3 is 14.2 Å². The van der Waals surface area contributed by atoms with Crippen molar-refractivity contribution in [2.45, 2.75) is 0 Å². The molecule has 0 radical (unpaired) electrons. The van der Waals surface area contributed by atoms with Gasteiger partial charge in [0.15, 0.2) is 0 Å². The van der Waals surface area contributed by atoms with Crippen LogP contribution in [0, 0.1) is 0 Å². The van der Waals surface area contributed by atoms with E-state index in [-0.39, 0.29) is 0 Å². The van der Waals surface area contributed by atoms with Crippen molar-refractivity contribution >= 4 is 77.6 Å². The van der Waals surface area contributed by atoms with Crippen molar-refractivity contribution in [3.63, 3.8) is 0 Å². The maximum absolute atomic E-state index is 7.06. The Morgan fingerprint density at radius 2 is 0.746 bits per heavy atom. The second-order valence-corrected chi connectivity index (χ2v) is 18.0. The van der Waals surface area contributed by atoms with Crippen LogP contribution in [0.1, 0.15) is 0 Å². The van der Waals surface area contributed by atoms with Crippen LogP contribution in [0.4, 0.5) is 34.1 Å². The number of para-hydroxylation sites is 1. The second kappa shape index (κ2) is 17.9. The molecule has 1 heterocycles. The van der Waals surface area contributed by atoms with Gasteiger partial charge in [-0.3, -0.25) is 0 Å². The molecule has 0 amide bonds. The van der Waals surface area contributed by atoms with Crippen LogP contribution in [0.15, 0.2) is 283 Å². The van der Waals surface area contributed by atoms with E-state index in [9.17, 15) is 0 Å². The molecule has 0 fully saturated rings. The lowest BCUT2D eigenvalue weighted by atomic mass is 9.93. The number of benzene rings is 12. The summed E-state index contributed by atoms with van der Waals surface area (Å²) in [5, 5.41) is 6.72. The molecule has 0 saturated heterocycles. The Morgan fingerprint density at radius 1 is 0.268 bits per heavy atom. The lowest BCUT2D eigenvalue weighted by Crippen LogP contribution is -2.18. The summed E-state index contributed by atoms with van der Waals surface area (Å²) in [6.07, 6.45) is 0. The summed E-state index contributed by atoms with van der Waals surface area (Å²) in [6, 6.07) is 100. The van der Waals surface area contributed by atoms with Crippen LogP contribution in [-0.4, -0.2) is 0 Å². The standard InChI is InChI=1S/C68H46N2O/c1-5-18-47(19-6-1)49-32-38-56(39-33-49)69(55-27-11-4-12-28-55)67-64(44-45-65-66(67)61-42-36-53-25-14-16-30-60(53)68(61)71-65)70(57-40-34-50(35-41-57)48-20-7-2-8-21-48)63-43-37-54(46-62(63)52-22-9-3-10-23-52)59-31-17-26-51-24-13-15-29-58(51)59/h1-46H. The molecule has 13 rings (SSSR count). The fourth-order valence-electron chi connectivity index (χ4n) is 10.5. The quantitative estimate of drug-likeness (QED) is 0.136. The Morgan fingerprint density at radius 3 is 1.39 bits per heavy atom. The van der Waals surface area contributed by atoms with E-state index in [1.807, 2.05) is 0 Å². The first-order valence-electron chi connectivity index (χ1n) is 24.2. The molecule has 0 aliphatic rings. The summed E-state index contributed by atoms with van der Waals surface area (Å²) >= 11 is 0. The average Bonchev–Trinajstić information content (AvgIpc) is 3.85. The molecule has 0 atom stereocenters. The Kier molecular flexibility index (Phi) is 10.5. The van der Waals surface area contributed by atoms with Crippen molar-refractivity contribution < 1.29 is 4.42 Å². The van der Waals surface area contributed by atoms with Crippen molar-refractivity contribution in [3.05, 3.63) is 279 Å². The van der Waals surface area contributed by atoms with Gasteiger partial charge in [0.1, 0.15) is 11.2 Å². The molecule has 0 unspecified atom stereocenters. The maximum Gasteiger partial charge on any atom is 0.143 e. The van der Waals surface area contributed by atoms with Gasteiger partial charge in [-0.1, -0.05) is 212 Å². The van der Waals surface area contributed by atoms with Crippen LogP contribution in [0.5, 0.6) is 0 Å². The lowest BCUT2D eigenvalue weighted by Gasteiger charge is -2.35. The summed E-state index contributed by atoms with van der Waals surface area (Å²) in [5.41, 5.74) is 17.0. The number of hydrogen-bond donors (Lipinski definition) is 0. The molecule has 13 aromatic rings. The van der Waals surface area contributed by atoms with Gasteiger partial charge in [-0.15, -0.1) is 0 Å².